The van der Waals surface area contributed by atoms with E-state index in [1.54, 1.807) is 0 Å². The van der Waals surface area contributed by atoms with E-state index in [1.165, 1.54) is 17.4 Å². The Kier molecular flexibility index (Phi) is 7.93. The van der Waals surface area contributed by atoms with Gasteiger partial charge in [0.1, 0.15) is 18.0 Å². The third kappa shape index (κ3) is 5.67. The quantitative estimate of drug-likeness (QED) is 0.229. The van der Waals surface area contributed by atoms with Gasteiger partial charge in [-0.15, -0.1) is 0 Å². The summed E-state index contributed by atoms with van der Waals surface area (Å²) in [5, 5.41) is 4.11. The number of piperazine rings is 1. The SMILES string of the molecule is CCCc1cnc2cc(N3CCN(Cc4ccc(/C(=N/OCC)c5ccc(F)c(F)c5)nc4)CC3)ccn12. The standard InChI is InChI=1S/C29H32F2N6O/c1-3-5-24-19-33-28-17-23(10-11-37(24)28)36-14-12-35(13-15-36)20-21-6-9-27(32-18-21)29(34-38-4-2)22-7-8-25(30)26(31)16-22/h6-11,16-19H,3-5,12-15,20H2,1-2H3/b34-29+. The average molecular weight is 519 g/mol. The molecule has 0 amide bonds. The lowest BCUT2D eigenvalue weighted by Crippen LogP contribution is -2.46. The van der Waals surface area contributed by atoms with Gasteiger partial charge in [0, 0.05) is 74.3 Å². The second-order valence-electron chi connectivity index (χ2n) is 9.41. The number of pyridine rings is 2. The van der Waals surface area contributed by atoms with Crippen molar-refractivity contribution < 1.29 is 13.6 Å². The molecule has 3 aromatic heterocycles. The first-order valence-corrected chi connectivity index (χ1v) is 13.1. The number of fused-ring (bicyclic) bond motifs is 1. The molecular formula is C29H32F2N6O. The molecule has 1 fully saturated rings. The highest BCUT2D eigenvalue weighted by Crippen LogP contribution is 2.21. The van der Waals surface area contributed by atoms with Crippen molar-refractivity contribution in [3.63, 3.8) is 0 Å². The zero-order valence-corrected chi connectivity index (χ0v) is 21.8. The van der Waals surface area contributed by atoms with Gasteiger partial charge in [0.05, 0.1) is 5.69 Å². The molecule has 5 rings (SSSR count). The van der Waals surface area contributed by atoms with Gasteiger partial charge < -0.3 is 14.1 Å². The van der Waals surface area contributed by atoms with Gasteiger partial charge in [0.15, 0.2) is 11.6 Å². The second-order valence-corrected chi connectivity index (χ2v) is 9.41. The minimum Gasteiger partial charge on any atom is -0.396 e. The van der Waals surface area contributed by atoms with Crippen LogP contribution in [0.4, 0.5) is 14.5 Å². The smallest absolute Gasteiger partial charge is 0.159 e. The van der Waals surface area contributed by atoms with E-state index in [4.69, 9.17) is 4.84 Å². The minimum absolute atomic E-state index is 0.354. The van der Waals surface area contributed by atoms with E-state index in [0.29, 0.717) is 23.6 Å². The van der Waals surface area contributed by atoms with Crippen LogP contribution in [0.15, 0.2) is 66.2 Å². The van der Waals surface area contributed by atoms with E-state index in [-0.39, 0.29) is 0 Å². The van der Waals surface area contributed by atoms with E-state index in [0.717, 1.165) is 68.9 Å². The van der Waals surface area contributed by atoms with Gasteiger partial charge in [-0.3, -0.25) is 9.88 Å². The van der Waals surface area contributed by atoms with Crippen LogP contribution in [0.5, 0.6) is 0 Å². The molecule has 4 heterocycles. The van der Waals surface area contributed by atoms with Gasteiger partial charge in [0.2, 0.25) is 0 Å². The van der Waals surface area contributed by atoms with Crippen molar-refractivity contribution in [3.05, 3.63) is 95.2 Å². The van der Waals surface area contributed by atoms with Crippen LogP contribution in [0, 0.1) is 11.6 Å². The van der Waals surface area contributed by atoms with E-state index in [1.807, 2.05) is 31.5 Å². The number of rotatable bonds is 9. The van der Waals surface area contributed by atoms with Gasteiger partial charge in [-0.2, -0.15) is 0 Å². The summed E-state index contributed by atoms with van der Waals surface area (Å²) in [5.41, 5.74) is 5.83. The van der Waals surface area contributed by atoms with Crippen molar-refractivity contribution in [1.82, 2.24) is 19.3 Å². The van der Waals surface area contributed by atoms with E-state index < -0.39 is 11.6 Å². The van der Waals surface area contributed by atoms with Crippen LogP contribution in [0.1, 0.15) is 42.8 Å². The molecule has 1 aromatic carbocycles. The van der Waals surface area contributed by atoms with E-state index >= 15 is 0 Å². The van der Waals surface area contributed by atoms with Crippen LogP contribution >= 0.6 is 0 Å². The molecule has 0 saturated carbocycles. The molecule has 38 heavy (non-hydrogen) atoms. The monoisotopic (exact) mass is 518 g/mol. The largest absolute Gasteiger partial charge is 0.396 e. The number of hydrogen-bond acceptors (Lipinski definition) is 6. The van der Waals surface area contributed by atoms with Crippen LogP contribution in [0.2, 0.25) is 0 Å². The van der Waals surface area contributed by atoms with Gasteiger partial charge in [-0.25, -0.2) is 13.8 Å². The van der Waals surface area contributed by atoms with Crippen LogP contribution < -0.4 is 4.90 Å². The molecule has 4 aromatic rings. The first kappa shape index (κ1) is 25.8. The summed E-state index contributed by atoms with van der Waals surface area (Å²) in [6.07, 6.45) is 8.05. The summed E-state index contributed by atoms with van der Waals surface area (Å²) >= 11 is 0. The number of hydrogen-bond donors (Lipinski definition) is 0. The van der Waals surface area contributed by atoms with Crippen LogP contribution in [0.25, 0.3) is 5.65 Å². The van der Waals surface area contributed by atoms with E-state index in [9.17, 15) is 8.78 Å². The molecule has 9 heteroatoms. The van der Waals surface area contributed by atoms with Gasteiger partial charge in [0.25, 0.3) is 0 Å². The highest BCUT2D eigenvalue weighted by atomic mass is 19.2. The predicted molar refractivity (Wildman–Crippen MR) is 145 cm³/mol. The highest BCUT2D eigenvalue weighted by molar-refractivity contribution is 6.11. The minimum atomic E-state index is -0.937. The topological polar surface area (TPSA) is 58.3 Å². The summed E-state index contributed by atoms with van der Waals surface area (Å²) in [5.74, 6) is -1.84. The Morgan fingerprint density at radius 1 is 0.947 bits per heavy atom. The van der Waals surface area contributed by atoms with E-state index in [2.05, 4.69) is 54.6 Å². The summed E-state index contributed by atoms with van der Waals surface area (Å²) in [7, 11) is 0. The predicted octanol–water partition coefficient (Wildman–Crippen LogP) is 5.07. The Bertz CT molecular complexity index is 1410. The zero-order valence-electron chi connectivity index (χ0n) is 21.8. The molecule has 0 bridgehead atoms. The molecule has 1 aliphatic rings. The van der Waals surface area contributed by atoms with Crippen molar-refractivity contribution in [1.29, 1.82) is 0 Å². The fourth-order valence-electron chi connectivity index (χ4n) is 4.76. The van der Waals surface area contributed by atoms with Crippen LogP contribution in [-0.4, -0.2) is 57.8 Å². The number of nitrogens with zero attached hydrogens (tertiary/aromatic N) is 6. The molecule has 1 aliphatic heterocycles. The molecule has 0 N–H and O–H groups in total. The second kappa shape index (κ2) is 11.7. The molecule has 0 radical (unpaired) electrons. The molecule has 0 atom stereocenters. The summed E-state index contributed by atoms with van der Waals surface area (Å²) < 4.78 is 29.4. The van der Waals surface area contributed by atoms with Gasteiger partial charge >= 0.3 is 0 Å². The average Bonchev–Trinajstić information content (AvgIpc) is 3.34. The third-order valence-electron chi connectivity index (χ3n) is 6.77. The number of aromatic nitrogens is 3. The maximum atomic E-state index is 13.8. The molecule has 0 spiro atoms. The Balaban J connectivity index is 1.21. The lowest BCUT2D eigenvalue weighted by atomic mass is 10.1. The summed E-state index contributed by atoms with van der Waals surface area (Å²) in [6.45, 7) is 8.88. The first-order chi connectivity index (χ1) is 18.6. The number of aryl methyl sites for hydroxylation is 1. The number of imidazole rings is 1. The summed E-state index contributed by atoms with van der Waals surface area (Å²) in [4.78, 5) is 19.2. The van der Waals surface area contributed by atoms with Crippen LogP contribution in [-0.2, 0) is 17.8 Å². The number of oxime groups is 1. The summed E-state index contributed by atoms with van der Waals surface area (Å²) in [6, 6.07) is 11.9. The number of halogens is 2. The van der Waals surface area contributed by atoms with Crippen molar-refractivity contribution in [2.45, 2.75) is 33.2 Å². The highest BCUT2D eigenvalue weighted by Gasteiger charge is 2.19. The lowest BCUT2D eigenvalue weighted by molar-refractivity contribution is 0.159. The maximum Gasteiger partial charge on any atom is 0.159 e. The van der Waals surface area contributed by atoms with Crippen molar-refractivity contribution in [3.8, 4) is 0 Å². The molecule has 7 nitrogen and oxygen atoms in total. The van der Waals surface area contributed by atoms with Crippen molar-refractivity contribution in [2.24, 2.45) is 5.16 Å². The lowest BCUT2D eigenvalue weighted by Gasteiger charge is -2.36. The van der Waals surface area contributed by atoms with Gasteiger partial charge in [-0.05, 0) is 49.2 Å². The molecular weight excluding hydrogens is 486 g/mol. The zero-order chi connectivity index (χ0) is 26.5. The van der Waals surface area contributed by atoms with Crippen molar-refractivity contribution >= 4 is 17.0 Å². The Morgan fingerprint density at radius 3 is 2.50 bits per heavy atom. The molecule has 198 valence electrons. The first-order valence-electron chi connectivity index (χ1n) is 13.1. The Hall–Kier alpha value is -3.85. The fourth-order valence-corrected chi connectivity index (χ4v) is 4.76. The normalized spacial score (nSPS) is 14.8. The molecule has 0 aliphatic carbocycles. The Morgan fingerprint density at radius 2 is 1.79 bits per heavy atom. The van der Waals surface area contributed by atoms with Crippen molar-refractivity contribution in [2.75, 3.05) is 37.7 Å². The van der Waals surface area contributed by atoms with Crippen LogP contribution in [0.3, 0.4) is 0 Å². The fraction of sp³-hybridized carbons (Fsp3) is 0.345. The number of anilines is 1. The molecule has 0 unspecified atom stereocenters. The van der Waals surface area contributed by atoms with Gasteiger partial charge in [-0.1, -0.05) is 24.6 Å². The maximum absolute atomic E-state index is 13.8. The number of benzene rings is 1. The molecule has 1 saturated heterocycles. The Labute approximate surface area is 221 Å². The third-order valence-corrected chi connectivity index (χ3v) is 6.77.